The predicted molar refractivity (Wildman–Crippen MR) is 136 cm³/mol. The average molecular weight is 518 g/mol. The number of allylic oxidation sites excluding steroid dienone is 1. The first-order chi connectivity index (χ1) is 16.9. The molecule has 4 N–H and O–H groups in total. The molecule has 2 heterocycles. The van der Waals surface area contributed by atoms with Crippen LogP contribution in [0.3, 0.4) is 0 Å². The van der Waals surface area contributed by atoms with Crippen molar-refractivity contribution in [2.24, 2.45) is 22.2 Å². The highest BCUT2D eigenvalue weighted by Gasteiger charge is 2.27. The van der Waals surface area contributed by atoms with Crippen LogP contribution in [0.15, 0.2) is 50.7 Å². The summed E-state index contributed by atoms with van der Waals surface area (Å²) in [5.74, 6) is 0.0428. The molecule has 2 aliphatic rings. The molecular weight excluding hydrogens is 485 g/mol. The molecule has 0 saturated carbocycles. The Kier molecular flexibility index (Phi) is 6.93. The van der Waals surface area contributed by atoms with Gasteiger partial charge in [0.05, 0.1) is 17.3 Å². The van der Waals surface area contributed by atoms with Crippen LogP contribution in [-0.4, -0.2) is 41.9 Å². The maximum atomic E-state index is 13.6. The minimum Gasteiger partial charge on any atom is -0.367 e. The van der Waals surface area contributed by atoms with Gasteiger partial charge in [0, 0.05) is 26.3 Å². The normalized spacial score (nSPS) is 20.3. The number of hydrogen-bond donors (Lipinski definition) is 3. The fourth-order valence-corrected chi connectivity index (χ4v) is 5.40. The van der Waals surface area contributed by atoms with E-state index >= 15 is 0 Å². The number of fused-ring (bicyclic) bond motifs is 1. The number of nitrogens with one attached hydrogen (secondary N) is 2. The molecule has 1 aliphatic heterocycles. The summed E-state index contributed by atoms with van der Waals surface area (Å²) in [4.78, 5) is 22.7. The summed E-state index contributed by atoms with van der Waals surface area (Å²) in [7, 11) is -0.280. The molecular formula is C24H32FN7O3S. The smallest absolute Gasteiger partial charge is 0.267 e. The Labute approximate surface area is 208 Å². The maximum absolute atomic E-state index is 13.6. The van der Waals surface area contributed by atoms with E-state index < -0.39 is 15.3 Å². The van der Waals surface area contributed by atoms with Crippen molar-refractivity contribution in [1.82, 2.24) is 14.5 Å². The van der Waals surface area contributed by atoms with Crippen LogP contribution in [0.1, 0.15) is 33.1 Å². The van der Waals surface area contributed by atoms with Gasteiger partial charge < -0.3 is 10.6 Å². The van der Waals surface area contributed by atoms with Crippen molar-refractivity contribution in [3.8, 4) is 0 Å². The van der Waals surface area contributed by atoms with E-state index in [1.165, 1.54) is 16.7 Å². The fourth-order valence-electron chi connectivity index (χ4n) is 4.59. The van der Waals surface area contributed by atoms with Gasteiger partial charge in [-0.2, -0.15) is 0 Å². The first kappa shape index (κ1) is 25.8. The number of nitrogens with zero attached hydrogens (tertiary/aromatic N) is 4. The molecule has 1 aromatic carbocycles. The third-order valence-electron chi connectivity index (χ3n) is 6.48. The van der Waals surface area contributed by atoms with Crippen molar-refractivity contribution in [2.45, 2.75) is 50.4 Å². The lowest BCUT2D eigenvalue weighted by molar-refractivity contribution is 0.467. The lowest BCUT2D eigenvalue weighted by Gasteiger charge is -2.22. The average Bonchev–Trinajstić information content (AvgIpc) is 3.15. The Morgan fingerprint density at radius 3 is 2.58 bits per heavy atom. The van der Waals surface area contributed by atoms with Crippen LogP contribution >= 0.6 is 0 Å². The van der Waals surface area contributed by atoms with Gasteiger partial charge in [-0.05, 0) is 57.4 Å². The summed E-state index contributed by atoms with van der Waals surface area (Å²) in [5, 5.41) is 11.6. The van der Waals surface area contributed by atoms with E-state index in [0.29, 0.717) is 60.2 Å². The quantitative estimate of drug-likeness (QED) is 0.456. The number of hydrogen-bond acceptors (Lipinski definition) is 7. The highest BCUT2D eigenvalue weighted by molar-refractivity contribution is 7.89. The zero-order chi connectivity index (χ0) is 26.3. The van der Waals surface area contributed by atoms with Crippen LogP contribution in [0.4, 0.5) is 10.1 Å². The van der Waals surface area contributed by atoms with Gasteiger partial charge >= 0.3 is 0 Å². The molecule has 36 heavy (non-hydrogen) atoms. The SMILES string of the molecule is CN=c1/c(=C(\NCC2=CCC(S(N)(=O)=O)CC2)Nc2ccc(F)cc2)c(=O)n(C)c2n1CC(C)(C)N=2. The van der Waals surface area contributed by atoms with E-state index in [0.717, 1.165) is 5.57 Å². The number of halogens is 1. The first-order valence-electron chi connectivity index (χ1n) is 11.7. The lowest BCUT2D eigenvalue weighted by atomic mass is 9.99. The molecule has 0 radical (unpaired) electrons. The third-order valence-corrected chi connectivity index (χ3v) is 7.83. The Hall–Kier alpha value is -3.25. The largest absolute Gasteiger partial charge is 0.367 e. The van der Waals surface area contributed by atoms with Gasteiger partial charge in [0.1, 0.15) is 22.3 Å². The van der Waals surface area contributed by atoms with Gasteiger partial charge in [0.25, 0.3) is 5.56 Å². The molecule has 0 saturated heterocycles. The second-order valence-corrected chi connectivity index (χ2v) is 11.6. The van der Waals surface area contributed by atoms with Crippen molar-refractivity contribution in [3.05, 3.63) is 68.4 Å². The van der Waals surface area contributed by atoms with Crippen LogP contribution in [-0.2, 0) is 23.6 Å². The van der Waals surface area contributed by atoms with Gasteiger partial charge in [-0.25, -0.2) is 22.9 Å². The number of benzene rings is 1. The molecule has 0 bridgehead atoms. The van der Waals surface area contributed by atoms with Gasteiger partial charge in [-0.3, -0.25) is 18.9 Å². The number of anilines is 1. The molecule has 1 atom stereocenters. The summed E-state index contributed by atoms with van der Waals surface area (Å²) < 4.78 is 40.3. The molecule has 4 rings (SSSR count). The van der Waals surface area contributed by atoms with Crippen molar-refractivity contribution >= 4 is 21.5 Å². The topological polar surface area (TPSA) is 136 Å². The number of sulfonamides is 1. The Bertz CT molecular complexity index is 1570. The summed E-state index contributed by atoms with van der Waals surface area (Å²) in [6.45, 7) is 4.92. The predicted octanol–water partition coefficient (Wildman–Crippen LogP) is -0.197. The summed E-state index contributed by atoms with van der Waals surface area (Å²) in [6, 6.07) is 5.83. The van der Waals surface area contributed by atoms with E-state index in [4.69, 9.17) is 10.1 Å². The van der Waals surface area contributed by atoms with E-state index in [-0.39, 0.29) is 16.9 Å². The van der Waals surface area contributed by atoms with Crippen LogP contribution in [0.25, 0.3) is 5.82 Å². The van der Waals surface area contributed by atoms with Crippen molar-refractivity contribution in [2.75, 3.05) is 18.9 Å². The summed E-state index contributed by atoms with van der Waals surface area (Å²) >= 11 is 0. The highest BCUT2D eigenvalue weighted by Crippen LogP contribution is 2.22. The van der Waals surface area contributed by atoms with Gasteiger partial charge in [0.2, 0.25) is 15.6 Å². The monoisotopic (exact) mass is 517 g/mol. The lowest BCUT2D eigenvalue weighted by Crippen LogP contribution is -2.59. The van der Waals surface area contributed by atoms with Crippen molar-refractivity contribution in [3.63, 3.8) is 0 Å². The van der Waals surface area contributed by atoms with Gasteiger partial charge in [-0.1, -0.05) is 11.6 Å². The second kappa shape index (κ2) is 9.66. The molecule has 0 amide bonds. The molecule has 12 heteroatoms. The van der Waals surface area contributed by atoms with Crippen LogP contribution < -0.4 is 37.7 Å². The summed E-state index contributed by atoms with van der Waals surface area (Å²) in [5.41, 5.74) is 1.94. The Morgan fingerprint density at radius 2 is 2.00 bits per heavy atom. The number of nitrogens with two attached hydrogens (primary N) is 1. The highest BCUT2D eigenvalue weighted by atomic mass is 32.2. The maximum Gasteiger partial charge on any atom is 0.267 e. The van der Waals surface area contributed by atoms with Crippen LogP contribution in [0.2, 0.25) is 0 Å². The molecule has 194 valence electrons. The second-order valence-electron chi connectivity index (χ2n) is 9.80. The van der Waals surface area contributed by atoms with Crippen molar-refractivity contribution < 1.29 is 12.8 Å². The zero-order valence-electron chi connectivity index (χ0n) is 20.9. The minimum absolute atomic E-state index is 0.285. The van der Waals surface area contributed by atoms with E-state index in [9.17, 15) is 17.6 Å². The number of aromatic nitrogens is 2. The molecule has 0 fully saturated rings. The van der Waals surface area contributed by atoms with Crippen molar-refractivity contribution in [1.29, 1.82) is 0 Å². The van der Waals surface area contributed by atoms with Crippen LogP contribution in [0, 0.1) is 5.82 Å². The first-order valence-corrected chi connectivity index (χ1v) is 13.3. The number of rotatable bonds is 6. The van der Waals surface area contributed by atoms with Crippen LogP contribution in [0.5, 0.6) is 0 Å². The standard InChI is InChI=1S/C24H32FN7O3S/c1-24(2)14-32-21(27-3)19(22(33)31(4)23(32)30-24)20(29-17-9-7-16(25)8-10-17)28-13-15-5-11-18(12-6-15)36(26,34)35/h5,7-10,18,28-29H,6,11-14H2,1-4H3,(H2,26,34,35)/b20-19-,27-21?. The molecule has 0 spiro atoms. The molecule has 10 nitrogen and oxygen atoms in total. The fraction of sp³-hybridized carbons (Fsp3) is 0.458. The third kappa shape index (κ3) is 5.29. The van der Waals surface area contributed by atoms with Gasteiger partial charge in [0.15, 0.2) is 0 Å². The van der Waals surface area contributed by atoms with E-state index in [2.05, 4.69) is 15.6 Å². The Balaban J connectivity index is 1.82. The van der Waals surface area contributed by atoms with E-state index in [1.807, 2.05) is 24.5 Å². The van der Waals surface area contributed by atoms with Gasteiger partial charge in [-0.15, -0.1) is 0 Å². The number of primary sulfonamides is 1. The molecule has 2 aromatic rings. The minimum atomic E-state index is -3.58. The molecule has 1 unspecified atom stereocenters. The molecule has 1 aliphatic carbocycles. The Morgan fingerprint density at radius 1 is 1.31 bits per heavy atom. The van der Waals surface area contributed by atoms with E-state index in [1.54, 1.807) is 26.2 Å². The zero-order valence-corrected chi connectivity index (χ0v) is 21.7. The summed E-state index contributed by atoms with van der Waals surface area (Å²) in [6.07, 6.45) is 3.23. The molecule has 1 aromatic heterocycles.